The molecule has 21 heavy (non-hydrogen) atoms. The number of hydrogen-bond donors (Lipinski definition) is 2. The van der Waals surface area contributed by atoms with Gasteiger partial charge in [0.2, 0.25) is 10.0 Å². The highest BCUT2D eigenvalue weighted by molar-refractivity contribution is 9.10. The average Bonchev–Trinajstić information content (AvgIpc) is 2.68. The molecule has 1 aromatic carbocycles. The number of benzene rings is 1. The maximum absolute atomic E-state index is 12.5. The lowest BCUT2D eigenvalue weighted by Gasteiger charge is -2.28. The zero-order valence-electron chi connectivity index (χ0n) is 11.6. The van der Waals surface area contributed by atoms with Gasteiger partial charge in [0.15, 0.2) is 0 Å². The number of hydrogen-bond acceptors (Lipinski definition) is 4. The molecule has 1 aliphatic rings. The Morgan fingerprint density at radius 3 is 2.71 bits per heavy atom. The highest BCUT2D eigenvalue weighted by Crippen LogP contribution is 2.30. The SMILES string of the molecule is CC1OCCC1(C)NS(=O)(=O)c1cc(C(=O)O)ccc1Br. The lowest BCUT2D eigenvalue weighted by molar-refractivity contribution is 0.0696. The Hall–Kier alpha value is -0.960. The van der Waals surface area contributed by atoms with Crippen molar-refractivity contribution in [1.82, 2.24) is 4.72 Å². The summed E-state index contributed by atoms with van der Waals surface area (Å²) in [6, 6.07) is 3.89. The van der Waals surface area contributed by atoms with Crippen LogP contribution in [0.4, 0.5) is 0 Å². The van der Waals surface area contributed by atoms with Gasteiger partial charge >= 0.3 is 5.97 Å². The number of carboxylic acid groups (broad SMARTS) is 1. The molecule has 0 radical (unpaired) electrons. The van der Waals surface area contributed by atoms with Gasteiger partial charge in [-0.2, -0.15) is 0 Å². The van der Waals surface area contributed by atoms with Crippen LogP contribution in [0.1, 0.15) is 30.6 Å². The molecular formula is C13H16BrNO5S. The van der Waals surface area contributed by atoms with Crippen molar-refractivity contribution in [2.24, 2.45) is 0 Å². The van der Waals surface area contributed by atoms with Crippen molar-refractivity contribution in [2.45, 2.75) is 36.8 Å². The summed E-state index contributed by atoms with van der Waals surface area (Å²) in [7, 11) is -3.86. The first kappa shape index (κ1) is 16.4. The van der Waals surface area contributed by atoms with E-state index in [0.717, 1.165) is 6.07 Å². The highest BCUT2D eigenvalue weighted by Gasteiger charge is 2.41. The zero-order valence-corrected chi connectivity index (χ0v) is 14.0. The molecule has 1 aliphatic heterocycles. The molecule has 2 rings (SSSR count). The van der Waals surface area contributed by atoms with Crippen LogP contribution in [0.2, 0.25) is 0 Å². The van der Waals surface area contributed by atoms with Crippen molar-refractivity contribution in [3.63, 3.8) is 0 Å². The largest absolute Gasteiger partial charge is 0.478 e. The second-order valence-electron chi connectivity index (χ2n) is 5.24. The van der Waals surface area contributed by atoms with Crippen molar-refractivity contribution in [2.75, 3.05) is 6.61 Å². The normalized spacial score (nSPS) is 26.0. The Bertz CT molecular complexity index is 675. The van der Waals surface area contributed by atoms with E-state index < -0.39 is 21.5 Å². The number of carboxylic acids is 1. The molecule has 1 fully saturated rings. The van der Waals surface area contributed by atoms with Gasteiger partial charge in [-0.25, -0.2) is 17.9 Å². The molecule has 0 amide bonds. The van der Waals surface area contributed by atoms with Gasteiger partial charge in [-0.3, -0.25) is 0 Å². The molecule has 8 heteroatoms. The number of aromatic carboxylic acids is 1. The predicted molar refractivity (Wildman–Crippen MR) is 79.9 cm³/mol. The minimum absolute atomic E-state index is 0.0838. The first-order valence-electron chi connectivity index (χ1n) is 6.34. The minimum Gasteiger partial charge on any atom is -0.478 e. The van der Waals surface area contributed by atoms with Gasteiger partial charge in [-0.1, -0.05) is 0 Å². The summed E-state index contributed by atoms with van der Waals surface area (Å²) in [5, 5.41) is 8.99. The van der Waals surface area contributed by atoms with Crippen molar-refractivity contribution >= 4 is 31.9 Å². The number of halogens is 1. The van der Waals surface area contributed by atoms with E-state index in [1.165, 1.54) is 12.1 Å². The quantitative estimate of drug-likeness (QED) is 0.836. The third-order valence-corrected chi connectivity index (χ3v) is 6.33. The van der Waals surface area contributed by atoms with E-state index >= 15 is 0 Å². The fourth-order valence-corrected chi connectivity index (χ4v) is 4.66. The molecule has 2 unspecified atom stereocenters. The summed E-state index contributed by atoms with van der Waals surface area (Å²) in [4.78, 5) is 10.9. The van der Waals surface area contributed by atoms with Crippen molar-refractivity contribution in [3.05, 3.63) is 28.2 Å². The van der Waals surface area contributed by atoms with E-state index in [1.807, 2.05) is 0 Å². The smallest absolute Gasteiger partial charge is 0.335 e. The summed E-state index contributed by atoms with van der Waals surface area (Å²) in [5.41, 5.74) is -0.795. The van der Waals surface area contributed by atoms with Crippen LogP contribution in [0.3, 0.4) is 0 Å². The van der Waals surface area contributed by atoms with Gasteiger partial charge in [-0.15, -0.1) is 0 Å². The van der Waals surface area contributed by atoms with E-state index in [4.69, 9.17) is 9.84 Å². The zero-order chi connectivity index (χ0) is 15.8. The van der Waals surface area contributed by atoms with Gasteiger partial charge < -0.3 is 9.84 Å². The second-order valence-corrected chi connectivity index (χ2v) is 7.74. The molecule has 0 aromatic heterocycles. The van der Waals surface area contributed by atoms with E-state index in [1.54, 1.807) is 13.8 Å². The van der Waals surface area contributed by atoms with E-state index in [0.29, 0.717) is 17.5 Å². The van der Waals surface area contributed by atoms with E-state index in [2.05, 4.69) is 20.7 Å². The third kappa shape index (κ3) is 3.28. The summed E-state index contributed by atoms with van der Waals surface area (Å²) in [6.45, 7) is 4.06. The standard InChI is InChI=1S/C13H16BrNO5S/c1-8-13(2,5-6-20-8)15-21(18,19)11-7-9(12(16)17)3-4-10(11)14/h3-4,7-8,15H,5-6H2,1-2H3,(H,16,17). The minimum atomic E-state index is -3.86. The van der Waals surface area contributed by atoms with Gasteiger partial charge in [-0.05, 0) is 54.4 Å². The molecule has 116 valence electrons. The number of carbonyl (C=O) groups is 1. The summed E-state index contributed by atoms with van der Waals surface area (Å²) >= 11 is 3.15. The lowest BCUT2D eigenvalue weighted by atomic mass is 9.97. The van der Waals surface area contributed by atoms with Gasteiger partial charge in [0.05, 0.1) is 22.1 Å². The van der Waals surface area contributed by atoms with Crippen molar-refractivity contribution in [1.29, 1.82) is 0 Å². The molecule has 0 saturated carbocycles. The highest BCUT2D eigenvalue weighted by atomic mass is 79.9. The molecule has 0 spiro atoms. The molecule has 2 N–H and O–H groups in total. The van der Waals surface area contributed by atoms with Crippen LogP contribution in [0.15, 0.2) is 27.6 Å². The summed E-state index contributed by atoms with van der Waals surface area (Å²) < 4.78 is 33.4. The number of nitrogens with one attached hydrogen (secondary N) is 1. The fraction of sp³-hybridized carbons (Fsp3) is 0.462. The molecule has 1 aromatic rings. The van der Waals surface area contributed by atoms with Crippen LogP contribution in [-0.2, 0) is 14.8 Å². The molecule has 1 saturated heterocycles. The Morgan fingerprint density at radius 1 is 1.52 bits per heavy atom. The second kappa shape index (κ2) is 5.68. The van der Waals surface area contributed by atoms with Gasteiger partial charge in [0.1, 0.15) is 0 Å². The third-order valence-electron chi connectivity index (χ3n) is 3.72. The number of rotatable bonds is 4. The molecule has 6 nitrogen and oxygen atoms in total. The fourth-order valence-electron chi connectivity index (χ4n) is 2.17. The van der Waals surface area contributed by atoms with Crippen molar-refractivity contribution < 1.29 is 23.1 Å². The van der Waals surface area contributed by atoms with Gasteiger partial charge in [0.25, 0.3) is 0 Å². The average molecular weight is 378 g/mol. The summed E-state index contributed by atoms with van der Waals surface area (Å²) in [5.74, 6) is -1.18. The Balaban J connectivity index is 2.40. The Labute approximate surface area is 131 Å². The van der Waals surface area contributed by atoms with E-state index in [9.17, 15) is 13.2 Å². The van der Waals surface area contributed by atoms with Crippen LogP contribution in [0.25, 0.3) is 0 Å². The maximum atomic E-state index is 12.5. The molecule has 0 aliphatic carbocycles. The lowest BCUT2D eigenvalue weighted by Crippen LogP contribution is -2.50. The monoisotopic (exact) mass is 377 g/mol. The topological polar surface area (TPSA) is 92.7 Å². The van der Waals surface area contributed by atoms with Crippen LogP contribution < -0.4 is 4.72 Å². The van der Waals surface area contributed by atoms with Crippen molar-refractivity contribution in [3.8, 4) is 0 Å². The first-order chi connectivity index (χ1) is 9.66. The summed E-state index contributed by atoms with van der Waals surface area (Å²) in [6.07, 6.45) is 0.303. The Morgan fingerprint density at radius 2 is 2.19 bits per heavy atom. The number of sulfonamides is 1. The molecular weight excluding hydrogens is 362 g/mol. The first-order valence-corrected chi connectivity index (χ1v) is 8.62. The molecule has 2 atom stereocenters. The Kier molecular flexibility index (Phi) is 4.44. The maximum Gasteiger partial charge on any atom is 0.335 e. The molecule has 1 heterocycles. The van der Waals surface area contributed by atoms with Crippen LogP contribution in [0.5, 0.6) is 0 Å². The molecule has 0 bridgehead atoms. The predicted octanol–water partition coefficient (Wildman–Crippen LogP) is 1.99. The van der Waals surface area contributed by atoms with Crippen LogP contribution in [0, 0.1) is 0 Å². The van der Waals surface area contributed by atoms with Crippen LogP contribution in [-0.4, -0.2) is 37.7 Å². The number of ether oxygens (including phenoxy) is 1. The van der Waals surface area contributed by atoms with Crippen LogP contribution >= 0.6 is 15.9 Å². The van der Waals surface area contributed by atoms with Gasteiger partial charge in [0, 0.05) is 11.1 Å². The van der Waals surface area contributed by atoms with E-state index in [-0.39, 0.29) is 16.6 Å².